The molecular formula is C11H19N5O. The molecule has 2 heterocycles. The molecule has 0 radical (unpaired) electrons. The summed E-state index contributed by atoms with van der Waals surface area (Å²) in [5.74, 6) is 0.605. The molecule has 1 unspecified atom stereocenters. The van der Waals surface area contributed by atoms with Crippen LogP contribution < -0.4 is 21.5 Å². The van der Waals surface area contributed by atoms with Gasteiger partial charge in [0.25, 0.3) is 5.56 Å². The Bertz CT molecular complexity index is 457. The van der Waals surface area contributed by atoms with Gasteiger partial charge in [0.2, 0.25) is 0 Å². The summed E-state index contributed by atoms with van der Waals surface area (Å²) in [6.45, 7) is 4.94. The number of hydrogen-bond acceptors (Lipinski definition) is 5. The monoisotopic (exact) mass is 237 g/mol. The zero-order valence-corrected chi connectivity index (χ0v) is 10.3. The minimum atomic E-state index is -0.266. The van der Waals surface area contributed by atoms with Gasteiger partial charge in [0.15, 0.2) is 5.82 Å². The van der Waals surface area contributed by atoms with Crippen molar-refractivity contribution in [2.45, 2.75) is 13.3 Å². The van der Waals surface area contributed by atoms with E-state index in [-0.39, 0.29) is 16.7 Å². The van der Waals surface area contributed by atoms with Crippen molar-refractivity contribution in [3.05, 3.63) is 16.7 Å². The van der Waals surface area contributed by atoms with Crippen molar-refractivity contribution >= 4 is 11.5 Å². The first-order valence-electron chi connectivity index (χ1n) is 5.78. The third-order valence-corrected chi connectivity index (χ3v) is 3.33. The van der Waals surface area contributed by atoms with Gasteiger partial charge < -0.3 is 20.9 Å². The SMILES string of the molecule is CNCC1(C)CCN(c2nc[nH]c(=O)c2N)C1. The second kappa shape index (κ2) is 4.37. The van der Waals surface area contributed by atoms with Gasteiger partial charge in [-0.15, -0.1) is 0 Å². The maximum atomic E-state index is 11.4. The van der Waals surface area contributed by atoms with Gasteiger partial charge in [-0.1, -0.05) is 6.92 Å². The van der Waals surface area contributed by atoms with Crippen LogP contribution in [0.15, 0.2) is 11.1 Å². The van der Waals surface area contributed by atoms with Crippen LogP contribution in [0.4, 0.5) is 11.5 Å². The summed E-state index contributed by atoms with van der Waals surface area (Å²) in [5.41, 5.74) is 5.92. The first kappa shape index (κ1) is 11.9. The minimum Gasteiger partial charge on any atom is -0.391 e. The first-order valence-corrected chi connectivity index (χ1v) is 5.78. The molecule has 0 aromatic carbocycles. The zero-order valence-electron chi connectivity index (χ0n) is 10.3. The average Bonchev–Trinajstić information content (AvgIpc) is 2.65. The molecule has 0 amide bonds. The van der Waals surface area contributed by atoms with E-state index in [1.807, 2.05) is 7.05 Å². The van der Waals surface area contributed by atoms with E-state index < -0.39 is 0 Å². The number of nitrogen functional groups attached to an aromatic ring is 1. The van der Waals surface area contributed by atoms with E-state index in [1.54, 1.807) is 0 Å². The van der Waals surface area contributed by atoms with Gasteiger partial charge in [-0.3, -0.25) is 4.79 Å². The summed E-state index contributed by atoms with van der Waals surface area (Å²) in [7, 11) is 1.95. The third-order valence-electron chi connectivity index (χ3n) is 3.33. The van der Waals surface area contributed by atoms with Gasteiger partial charge in [0.05, 0.1) is 6.33 Å². The smallest absolute Gasteiger partial charge is 0.276 e. The number of nitrogens with zero attached hydrogens (tertiary/aromatic N) is 2. The fraction of sp³-hybridized carbons (Fsp3) is 0.636. The Labute approximate surface area is 100 Å². The van der Waals surface area contributed by atoms with E-state index in [2.05, 4.69) is 27.1 Å². The number of H-pyrrole nitrogens is 1. The summed E-state index contributed by atoms with van der Waals surface area (Å²) in [4.78, 5) is 20.2. The van der Waals surface area contributed by atoms with Crippen LogP contribution in [0.5, 0.6) is 0 Å². The molecule has 1 fully saturated rings. The highest BCUT2D eigenvalue weighted by atomic mass is 16.1. The second-order valence-corrected chi connectivity index (χ2v) is 4.98. The molecule has 1 aromatic rings. The Morgan fingerprint density at radius 3 is 3.18 bits per heavy atom. The minimum absolute atomic E-state index is 0.209. The van der Waals surface area contributed by atoms with E-state index in [9.17, 15) is 4.79 Å². The quantitative estimate of drug-likeness (QED) is 0.677. The number of nitrogens with one attached hydrogen (secondary N) is 2. The molecule has 0 aliphatic carbocycles. The summed E-state index contributed by atoms with van der Waals surface area (Å²) in [6.07, 6.45) is 2.48. The summed E-state index contributed by atoms with van der Waals surface area (Å²) in [6, 6.07) is 0. The normalized spacial score (nSPS) is 24.2. The van der Waals surface area contributed by atoms with Crippen molar-refractivity contribution in [3.8, 4) is 0 Å². The first-order chi connectivity index (χ1) is 8.06. The zero-order chi connectivity index (χ0) is 12.5. The van der Waals surface area contributed by atoms with E-state index >= 15 is 0 Å². The lowest BCUT2D eigenvalue weighted by atomic mass is 9.90. The van der Waals surface area contributed by atoms with Crippen LogP contribution >= 0.6 is 0 Å². The van der Waals surface area contributed by atoms with Crippen LogP contribution in [0.3, 0.4) is 0 Å². The van der Waals surface area contributed by atoms with E-state index in [4.69, 9.17) is 5.73 Å². The van der Waals surface area contributed by atoms with Gasteiger partial charge >= 0.3 is 0 Å². The lowest BCUT2D eigenvalue weighted by molar-refractivity contribution is 0.356. The van der Waals surface area contributed by atoms with Crippen LogP contribution in [0.25, 0.3) is 0 Å². The van der Waals surface area contributed by atoms with Gasteiger partial charge in [0, 0.05) is 19.6 Å². The van der Waals surface area contributed by atoms with Crippen LogP contribution in [0.1, 0.15) is 13.3 Å². The largest absolute Gasteiger partial charge is 0.391 e. The molecule has 0 bridgehead atoms. The van der Waals surface area contributed by atoms with Crippen LogP contribution in [0.2, 0.25) is 0 Å². The summed E-state index contributed by atoms with van der Waals surface area (Å²) >= 11 is 0. The van der Waals surface area contributed by atoms with Crippen molar-refractivity contribution in [3.63, 3.8) is 0 Å². The van der Waals surface area contributed by atoms with Crippen LogP contribution in [-0.4, -0.2) is 36.6 Å². The molecule has 2 rings (SSSR count). The van der Waals surface area contributed by atoms with Crippen molar-refractivity contribution < 1.29 is 0 Å². The molecule has 1 atom stereocenters. The summed E-state index contributed by atoms with van der Waals surface area (Å²) < 4.78 is 0. The van der Waals surface area contributed by atoms with Crippen LogP contribution in [-0.2, 0) is 0 Å². The lowest BCUT2D eigenvalue weighted by Gasteiger charge is -2.24. The van der Waals surface area contributed by atoms with Crippen molar-refractivity contribution in [2.75, 3.05) is 37.3 Å². The van der Waals surface area contributed by atoms with E-state index in [0.717, 1.165) is 26.1 Å². The molecule has 17 heavy (non-hydrogen) atoms. The Morgan fingerprint density at radius 2 is 2.47 bits per heavy atom. The van der Waals surface area contributed by atoms with Gasteiger partial charge in [-0.25, -0.2) is 4.98 Å². The van der Waals surface area contributed by atoms with Gasteiger partial charge in [-0.2, -0.15) is 0 Å². The molecule has 4 N–H and O–H groups in total. The predicted molar refractivity (Wildman–Crippen MR) is 68.1 cm³/mol. The molecular weight excluding hydrogens is 218 g/mol. The van der Waals surface area contributed by atoms with Gasteiger partial charge in [-0.05, 0) is 18.9 Å². The highest BCUT2D eigenvalue weighted by Gasteiger charge is 2.34. The van der Waals surface area contributed by atoms with Crippen LogP contribution in [0, 0.1) is 5.41 Å². The Balaban J connectivity index is 2.21. The maximum Gasteiger partial charge on any atom is 0.276 e. The molecule has 1 aromatic heterocycles. The Hall–Kier alpha value is -1.56. The van der Waals surface area contributed by atoms with Crippen molar-refractivity contribution in [1.29, 1.82) is 0 Å². The molecule has 1 aliphatic heterocycles. The second-order valence-electron chi connectivity index (χ2n) is 4.98. The maximum absolute atomic E-state index is 11.4. The molecule has 1 saturated heterocycles. The van der Waals surface area contributed by atoms with Crippen molar-refractivity contribution in [2.24, 2.45) is 5.41 Å². The molecule has 0 spiro atoms. The Morgan fingerprint density at radius 1 is 1.71 bits per heavy atom. The van der Waals surface area contributed by atoms with Gasteiger partial charge in [0.1, 0.15) is 5.69 Å². The highest BCUT2D eigenvalue weighted by Crippen LogP contribution is 2.32. The van der Waals surface area contributed by atoms with E-state index in [1.165, 1.54) is 6.33 Å². The number of anilines is 2. The highest BCUT2D eigenvalue weighted by molar-refractivity contribution is 5.61. The van der Waals surface area contributed by atoms with E-state index in [0.29, 0.717) is 5.82 Å². The number of aromatic nitrogens is 2. The fourth-order valence-corrected chi connectivity index (χ4v) is 2.43. The molecule has 6 heteroatoms. The average molecular weight is 237 g/mol. The Kier molecular flexibility index (Phi) is 3.06. The number of rotatable bonds is 3. The number of hydrogen-bond donors (Lipinski definition) is 3. The fourth-order valence-electron chi connectivity index (χ4n) is 2.43. The summed E-state index contributed by atoms with van der Waals surface area (Å²) in [5, 5.41) is 3.20. The number of nitrogens with two attached hydrogens (primary N) is 1. The topological polar surface area (TPSA) is 87.0 Å². The number of aromatic amines is 1. The standard InChI is InChI=1S/C11H19N5O/c1-11(5-13-2)3-4-16(6-11)9-8(12)10(17)15-7-14-9/h7,13H,3-6,12H2,1-2H3,(H,14,15,17). The third kappa shape index (κ3) is 2.26. The van der Waals surface area contributed by atoms with Crippen molar-refractivity contribution in [1.82, 2.24) is 15.3 Å². The molecule has 0 saturated carbocycles. The molecule has 1 aliphatic rings. The predicted octanol–water partition coefficient (Wildman–Crippen LogP) is -0.212. The molecule has 94 valence electrons. The molecule has 6 nitrogen and oxygen atoms in total. The lowest BCUT2D eigenvalue weighted by Crippen LogP contribution is -2.34.